The fourth-order valence-corrected chi connectivity index (χ4v) is 4.91. The Labute approximate surface area is 170 Å². The van der Waals surface area contributed by atoms with Crippen molar-refractivity contribution in [2.75, 3.05) is 6.54 Å². The van der Waals surface area contributed by atoms with Gasteiger partial charge >= 0.3 is 6.03 Å². The van der Waals surface area contributed by atoms with Crippen LogP contribution in [0.2, 0.25) is 0 Å². The summed E-state index contributed by atoms with van der Waals surface area (Å²) in [5.74, 6) is -0.739. The maximum atomic E-state index is 13.1. The van der Waals surface area contributed by atoms with Crippen LogP contribution in [0.15, 0.2) is 40.1 Å². The first-order valence-corrected chi connectivity index (χ1v) is 10.8. The molecule has 0 bridgehead atoms. The molecule has 2 atom stereocenters. The monoisotopic (exact) mass is 416 g/mol. The van der Waals surface area contributed by atoms with Crippen LogP contribution in [0.25, 0.3) is 0 Å². The van der Waals surface area contributed by atoms with Gasteiger partial charge in [-0.05, 0) is 36.2 Å². The van der Waals surface area contributed by atoms with Crippen molar-refractivity contribution in [3.63, 3.8) is 0 Å². The highest BCUT2D eigenvalue weighted by molar-refractivity contribution is 7.12. The zero-order valence-electron chi connectivity index (χ0n) is 15.5. The zero-order chi connectivity index (χ0) is 19.9. The minimum atomic E-state index is -0.957. The van der Waals surface area contributed by atoms with Gasteiger partial charge in [-0.3, -0.25) is 14.5 Å². The Hall–Kier alpha value is -2.52. The third-order valence-electron chi connectivity index (χ3n) is 5.19. The molecule has 4 rings (SSSR count). The molecule has 1 N–H and O–H groups in total. The molecule has 2 aromatic rings. The van der Waals surface area contributed by atoms with Crippen LogP contribution in [0.5, 0.6) is 0 Å². The number of rotatable bonds is 5. The van der Waals surface area contributed by atoms with Gasteiger partial charge in [-0.2, -0.15) is 5.10 Å². The van der Waals surface area contributed by atoms with Crippen molar-refractivity contribution in [3.05, 3.63) is 44.8 Å². The van der Waals surface area contributed by atoms with Crippen LogP contribution in [0, 0.1) is 0 Å². The van der Waals surface area contributed by atoms with E-state index in [-0.39, 0.29) is 24.4 Å². The molecule has 1 fully saturated rings. The fourth-order valence-electron chi connectivity index (χ4n) is 3.37. The lowest BCUT2D eigenvalue weighted by Crippen LogP contribution is -2.44. The number of nitrogens with zero attached hydrogens (tertiary/aromatic N) is 3. The highest BCUT2D eigenvalue weighted by Gasteiger charge is 2.48. The molecule has 28 heavy (non-hydrogen) atoms. The van der Waals surface area contributed by atoms with Crippen molar-refractivity contribution in [1.29, 1.82) is 0 Å². The van der Waals surface area contributed by atoms with Crippen LogP contribution in [0.3, 0.4) is 0 Å². The number of carbonyl (C=O) groups is 3. The summed E-state index contributed by atoms with van der Waals surface area (Å²) in [7, 11) is 0. The van der Waals surface area contributed by atoms with E-state index < -0.39 is 11.6 Å². The van der Waals surface area contributed by atoms with Crippen molar-refractivity contribution < 1.29 is 14.4 Å². The Bertz CT molecular complexity index is 939. The van der Waals surface area contributed by atoms with E-state index in [1.807, 2.05) is 41.9 Å². The number of nitrogens with one attached hydrogen (secondary N) is 1. The van der Waals surface area contributed by atoms with Crippen LogP contribution in [0.4, 0.5) is 4.79 Å². The van der Waals surface area contributed by atoms with Crippen molar-refractivity contribution in [2.24, 2.45) is 5.10 Å². The third-order valence-corrected chi connectivity index (χ3v) is 7.08. The number of imide groups is 1. The molecule has 7 nitrogen and oxygen atoms in total. The van der Waals surface area contributed by atoms with Gasteiger partial charge in [-0.1, -0.05) is 19.1 Å². The molecule has 2 unspecified atom stereocenters. The van der Waals surface area contributed by atoms with Crippen LogP contribution in [-0.2, 0) is 9.59 Å². The normalized spacial score (nSPS) is 24.6. The molecule has 1 saturated heterocycles. The third kappa shape index (κ3) is 3.14. The Morgan fingerprint density at radius 1 is 1.29 bits per heavy atom. The van der Waals surface area contributed by atoms with Gasteiger partial charge in [0.05, 0.1) is 16.6 Å². The number of hydrogen-bond donors (Lipinski definition) is 1. The smallest absolute Gasteiger partial charge is 0.323 e. The quantitative estimate of drug-likeness (QED) is 0.760. The molecule has 2 aliphatic rings. The molecule has 9 heteroatoms. The first kappa shape index (κ1) is 18.8. The van der Waals surface area contributed by atoms with E-state index in [1.165, 1.54) is 5.01 Å². The van der Waals surface area contributed by atoms with Crippen LogP contribution in [-0.4, -0.2) is 45.5 Å². The highest BCUT2D eigenvalue weighted by Crippen LogP contribution is 2.36. The lowest BCUT2D eigenvalue weighted by molar-refractivity contribution is -0.139. The second-order valence-electron chi connectivity index (χ2n) is 7.00. The van der Waals surface area contributed by atoms with Gasteiger partial charge in [0, 0.05) is 11.3 Å². The highest BCUT2D eigenvalue weighted by atomic mass is 32.1. The summed E-state index contributed by atoms with van der Waals surface area (Å²) in [6, 6.07) is 7.10. The number of urea groups is 1. The SMILES string of the molecule is CCC1(C)NC(=O)N(CC(=O)N2N=C(c3cccs3)CC2c2cccs2)C1=O. The van der Waals surface area contributed by atoms with E-state index in [1.54, 1.807) is 29.6 Å². The molecule has 0 aliphatic carbocycles. The van der Waals surface area contributed by atoms with Crippen LogP contribution >= 0.6 is 22.7 Å². The van der Waals surface area contributed by atoms with E-state index in [4.69, 9.17) is 0 Å². The molecule has 0 aromatic carbocycles. The molecule has 0 radical (unpaired) electrons. The number of carbonyl (C=O) groups excluding carboxylic acids is 3. The number of amides is 4. The first-order valence-electron chi connectivity index (χ1n) is 9.04. The number of hydrazone groups is 1. The lowest BCUT2D eigenvalue weighted by atomic mass is 9.99. The zero-order valence-corrected chi connectivity index (χ0v) is 17.2. The number of thiophene rings is 2. The van der Waals surface area contributed by atoms with Crippen LogP contribution in [0.1, 0.15) is 42.5 Å². The maximum Gasteiger partial charge on any atom is 0.325 e. The Morgan fingerprint density at radius 2 is 2.04 bits per heavy atom. The van der Waals surface area contributed by atoms with Crippen molar-refractivity contribution in [2.45, 2.75) is 38.3 Å². The van der Waals surface area contributed by atoms with E-state index in [2.05, 4.69) is 10.4 Å². The summed E-state index contributed by atoms with van der Waals surface area (Å²) in [6.07, 6.45) is 1.07. The molecular weight excluding hydrogens is 396 g/mol. The van der Waals surface area contributed by atoms with Gasteiger partial charge < -0.3 is 5.32 Å². The van der Waals surface area contributed by atoms with E-state index in [0.29, 0.717) is 12.8 Å². The van der Waals surface area contributed by atoms with Gasteiger partial charge in [0.15, 0.2) is 0 Å². The fraction of sp³-hybridized carbons (Fsp3) is 0.368. The van der Waals surface area contributed by atoms with Gasteiger partial charge in [-0.15, -0.1) is 22.7 Å². The van der Waals surface area contributed by atoms with Gasteiger partial charge in [0.1, 0.15) is 12.1 Å². The van der Waals surface area contributed by atoms with Crippen molar-refractivity contribution >= 4 is 46.2 Å². The first-order chi connectivity index (χ1) is 13.4. The standard InChI is InChI=1S/C19H20N4O3S2/c1-3-19(2)17(25)22(18(26)20-19)11-16(24)23-13(15-7-5-9-28-15)10-12(21-23)14-6-4-8-27-14/h4-9,13H,3,10-11H2,1-2H3,(H,20,26). The van der Waals surface area contributed by atoms with Crippen LogP contribution < -0.4 is 5.32 Å². The predicted molar refractivity (Wildman–Crippen MR) is 108 cm³/mol. The summed E-state index contributed by atoms with van der Waals surface area (Å²) in [6.45, 7) is 3.19. The molecule has 0 saturated carbocycles. The molecule has 4 amide bonds. The molecule has 4 heterocycles. The average molecular weight is 417 g/mol. The maximum absolute atomic E-state index is 13.1. The van der Waals surface area contributed by atoms with E-state index >= 15 is 0 Å². The average Bonchev–Trinajstić information content (AvgIpc) is 3.45. The second kappa shape index (κ2) is 7.14. The Kier molecular flexibility index (Phi) is 4.80. The van der Waals surface area contributed by atoms with Gasteiger partial charge in [-0.25, -0.2) is 9.80 Å². The summed E-state index contributed by atoms with van der Waals surface area (Å²) < 4.78 is 0. The molecule has 2 aromatic heterocycles. The lowest BCUT2D eigenvalue weighted by Gasteiger charge is -2.23. The largest absolute Gasteiger partial charge is 0.325 e. The summed E-state index contributed by atoms with van der Waals surface area (Å²) in [5, 5.41) is 12.6. The molecule has 146 valence electrons. The van der Waals surface area contributed by atoms with Crippen molar-refractivity contribution in [1.82, 2.24) is 15.2 Å². The summed E-state index contributed by atoms with van der Waals surface area (Å²) >= 11 is 3.14. The van der Waals surface area contributed by atoms with E-state index in [0.717, 1.165) is 20.4 Å². The second-order valence-corrected chi connectivity index (χ2v) is 8.93. The van der Waals surface area contributed by atoms with Gasteiger partial charge in [0.2, 0.25) is 0 Å². The molecule has 0 spiro atoms. The summed E-state index contributed by atoms with van der Waals surface area (Å²) in [5.41, 5.74) is -0.113. The number of hydrogen-bond acceptors (Lipinski definition) is 6. The van der Waals surface area contributed by atoms with Gasteiger partial charge in [0.25, 0.3) is 11.8 Å². The molecular formula is C19H20N4O3S2. The summed E-state index contributed by atoms with van der Waals surface area (Å²) in [4.78, 5) is 41.0. The Morgan fingerprint density at radius 3 is 2.64 bits per heavy atom. The molecule has 2 aliphatic heterocycles. The topological polar surface area (TPSA) is 82.1 Å². The minimum Gasteiger partial charge on any atom is -0.323 e. The van der Waals surface area contributed by atoms with Crippen molar-refractivity contribution in [3.8, 4) is 0 Å². The minimum absolute atomic E-state index is 0.220. The van der Waals surface area contributed by atoms with E-state index in [9.17, 15) is 14.4 Å². The Balaban J connectivity index is 1.59. The predicted octanol–water partition coefficient (Wildman–Crippen LogP) is 3.21.